The van der Waals surface area contributed by atoms with Crippen LogP contribution in [-0.4, -0.2) is 19.2 Å². The van der Waals surface area contributed by atoms with Crippen LogP contribution in [-0.2, 0) is 9.68 Å². The molecule has 0 aromatic heterocycles. The molecule has 0 aliphatic carbocycles. The molecule has 2 N–H and O–H groups in total. The Morgan fingerprint density at radius 1 is 1.20 bits per heavy atom. The van der Waals surface area contributed by atoms with Gasteiger partial charge in [-0.3, -0.25) is 9.68 Å². The number of hydroxylamine groups is 2. The summed E-state index contributed by atoms with van der Waals surface area (Å²) in [6.45, 7) is 4.39. The third-order valence-electron chi connectivity index (χ3n) is 0.618. The van der Waals surface area contributed by atoms with Crippen LogP contribution in [0.1, 0.15) is 13.8 Å². The largest absolute Gasteiger partial charge is 0.362 e. The van der Waals surface area contributed by atoms with Gasteiger partial charge in [0.15, 0.2) is 0 Å². The summed E-state index contributed by atoms with van der Waals surface area (Å²) in [7, 11) is 0. The zero-order valence-electron chi connectivity index (χ0n) is 6.14. The highest BCUT2D eigenvalue weighted by molar-refractivity contribution is 5.71. The number of carbonyl (C=O) groups is 1. The Kier molecular flexibility index (Phi) is 5.80. The molecule has 5 nitrogen and oxygen atoms in total. The van der Waals surface area contributed by atoms with E-state index in [2.05, 4.69) is 20.6 Å². The Labute approximate surface area is 59.6 Å². The molecule has 0 rings (SSSR count). The molecule has 0 aromatic rings. The maximum absolute atomic E-state index is 10.5. The summed E-state index contributed by atoms with van der Waals surface area (Å²) in [6.07, 6.45) is 0. The van der Waals surface area contributed by atoms with Crippen molar-refractivity contribution in [2.75, 3.05) is 13.2 Å². The molecular formula is C5H12N2O3. The van der Waals surface area contributed by atoms with Gasteiger partial charge in [0.05, 0.1) is 13.2 Å². The van der Waals surface area contributed by atoms with Crippen LogP contribution in [0.2, 0.25) is 0 Å². The fourth-order valence-electron chi connectivity index (χ4n) is 0.296. The molecule has 0 bridgehead atoms. The molecule has 0 aliphatic rings. The Morgan fingerprint density at radius 2 is 1.60 bits per heavy atom. The molecule has 0 aromatic carbocycles. The highest BCUT2D eigenvalue weighted by Gasteiger charge is 1.95. The van der Waals surface area contributed by atoms with Crippen LogP contribution in [0.3, 0.4) is 0 Å². The van der Waals surface area contributed by atoms with E-state index in [1.54, 1.807) is 13.8 Å². The summed E-state index contributed by atoms with van der Waals surface area (Å²) in [5.74, 6) is 0. The summed E-state index contributed by atoms with van der Waals surface area (Å²) in [6, 6.07) is -0.497. The maximum atomic E-state index is 10.5. The van der Waals surface area contributed by atoms with Crippen molar-refractivity contribution >= 4 is 6.03 Å². The average molecular weight is 148 g/mol. The maximum Gasteiger partial charge on any atom is 0.362 e. The topological polar surface area (TPSA) is 59.6 Å². The molecule has 0 fully saturated rings. The number of urea groups is 1. The van der Waals surface area contributed by atoms with Crippen molar-refractivity contribution < 1.29 is 14.5 Å². The van der Waals surface area contributed by atoms with Gasteiger partial charge in [-0.1, -0.05) is 0 Å². The first-order valence-electron chi connectivity index (χ1n) is 3.10. The summed E-state index contributed by atoms with van der Waals surface area (Å²) < 4.78 is 0. The fraction of sp³-hybridized carbons (Fsp3) is 0.800. The summed E-state index contributed by atoms with van der Waals surface area (Å²) >= 11 is 0. The minimum atomic E-state index is -0.497. The zero-order chi connectivity index (χ0) is 7.82. The normalized spacial score (nSPS) is 9.00. The van der Waals surface area contributed by atoms with Gasteiger partial charge in [-0.25, -0.2) is 15.8 Å². The van der Waals surface area contributed by atoms with Crippen LogP contribution in [0.4, 0.5) is 4.79 Å². The van der Waals surface area contributed by atoms with E-state index in [1.165, 1.54) is 0 Å². The van der Waals surface area contributed by atoms with Crippen LogP contribution in [0.15, 0.2) is 0 Å². The zero-order valence-corrected chi connectivity index (χ0v) is 6.14. The molecule has 10 heavy (non-hydrogen) atoms. The van der Waals surface area contributed by atoms with Crippen molar-refractivity contribution in [3.05, 3.63) is 0 Å². The molecule has 0 unspecified atom stereocenters. The molecule has 0 spiro atoms. The third-order valence-corrected chi connectivity index (χ3v) is 0.618. The van der Waals surface area contributed by atoms with Gasteiger partial charge >= 0.3 is 6.03 Å². The van der Waals surface area contributed by atoms with Gasteiger partial charge in [0.1, 0.15) is 0 Å². The van der Waals surface area contributed by atoms with Crippen molar-refractivity contribution in [1.29, 1.82) is 0 Å². The monoisotopic (exact) mass is 148 g/mol. The number of carbonyl (C=O) groups excluding carboxylic acids is 1. The van der Waals surface area contributed by atoms with Gasteiger partial charge in [-0.05, 0) is 13.8 Å². The predicted molar refractivity (Wildman–Crippen MR) is 34.9 cm³/mol. The second-order valence-corrected chi connectivity index (χ2v) is 1.40. The van der Waals surface area contributed by atoms with Gasteiger partial charge in [-0.2, -0.15) is 0 Å². The Bertz CT molecular complexity index is 86.9. The minimum Gasteiger partial charge on any atom is -0.272 e. The molecule has 2 amide bonds. The lowest BCUT2D eigenvalue weighted by molar-refractivity contribution is 0.0268. The number of hydrogen-bond acceptors (Lipinski definition) is 3. The highest BCUT2D eigenvalue weighted by Crippen LogP contribution is 1.68. The van der Waals surface area contributed by atoms with E-state index in [0.29, 0.717) is 13.2 Å². The Hall–Kier alpha value is -0.810. The van der Waals surface area contributed by atoms with Crippen LogP contribution in [0.5, 0.6) is 0 Å². The highest BCUT2D eigenvalue weighted by atomic mass is 16.7. The first-order valence-corrected chi connectivity index (χ1v) is 3.10. The number of nitrogens with one attached hydrogen (secondary N) is 2. The standard InChI is InChI=1S/C5H12N2O3/c1-3-9-6-5(8)7-10-4-2/h3-4H2,1-2H3,(H2,6,7,8). The summed E-state index contributed by atoms with van der Waals surface area (Å²) in [5, 5.41) is 0. The number of hydrogen-bond donors (Lipinski definition) is 2. The lowest BCUT2D eigenvalue weighted by Gasteiger charge is -2.03. The second kappa shape index (κ2) is 6.31. The first kappa shape index (κ1) is 9.19. The third kappa shape index (κ3) is 5.33. The van der Waals surface area contributed by atoms with E-state index in [-0.39, 0.29) is 0 Å². The first-order chi connectivity index (χ1) is 4.81. The van der Waals surface area contributed by atoms with Crippen molar-refractivity contribution in [2.45, 2.75) is 13.8 Å². The van der Waals surface area contributed by atoms with Crippen LogP contribution in [0, 0.1) is 0 Å². The molecule has 0 saturated carbocycles. The van der Waals surface area contributed by atoms with Gasteiger partial charge in [-0.15, -0.1) is 0 Å². The van der Waals surface area contributed by atoms with E-state index < -0.39 is 6.03 Å². The van der Waals surface area contributed by atoms with E-state index in [4.69, 9.17) is 0 Å². The van der Waals surface area contributed by atoms with Crippen molar-refractivity contribution in [3.8, 4) is 0 Å². The number of rotatable bonds is 4. The molecular weight excluding hydrogens is 136 g/mol. The number of amides is 2. The SMILES string of the molecule is CCONC(=O)NOCC. The molecule has 0 atom stereocenters. The predicted octanol–water partition coefficient (Wildman–Crippen LogP) is 0.189. The van der Waals surface area contributed by atoms with Crippen molar-refractivity contribution in [3.63, 3.8) is 0 Å². The van der Waals surface area contributed by atoms with Crippen molar-refractivity contribution in [2.24, 2.45) is 0 Å². The van der Waals surface area contributed by atoms with Crippen LogP contribution >= 0.6 is 0 Å². The summed E-state index contributed by atoms with van der Waals surface area (Å²) in [4.78, 5) is 19.6. The van der Waals surface area contributed by atoms with Gasteiger partial charge in [0.25, 0.3) is 0 Å². The minimum absolute atomic E-state index is 0.430. The summed E-state index contributed by atoms with van der Waals surface area (Å²) in [5.41, 5.74) is 4.18. The lowest BCUT2D eigenvalue weighted by atomic mass is 10.9. The van der Waals surface area contributed by atoms with Gasteiger partial charge in [0.2, 0.25) is 0 Å². The van der Waals surface area contributed by atoms with Crippen LogP contribution in [0.25, 0.3) is 0 Å². The molecule has 5 heteroatoms. The van der Waals surface area contributed by atoms with Gasteiger partial charge < -0.3 is 0 Å². The van der Waals surface area contributed by atoms with Crippen LogP contribution < -0.4 is 11.0 Å². The molecule has 60 valence electrons. The lowest BCUT2D eigenvalue weighted by Crippen LogP contribution is -2.35. The van der Waals surface area contributed by atoms with E-state index in [9.17, 15) is 4.79 Å². The van der Waals surface area contributed by atoms with E-state index >= 15 is 0 Å². The molecule has 0 saturated heterocycles. The quantitative estimate of drug-likeness (QED) is 0.559. The smallest absolute Gasteiger partial charge is 0.272 e. The fourth-order valence-corrected chi connectivity index (χ4v) is 0.296. The average Bonchev–Trinajstić information content (AvgIpc) is 1.97. The second-order valence-electron chi connectivity index (χ2n) is 1.40. The molecule has 0 radical (unpaired) electrons. The van der Waals surface area contributed by atoms with Crippen molar-refractivity contribution in [1.82, 2.24) is 11.0 Å². The molecule has 0 aliphatic heterocycles. The Balaban J connectivity index is 3.09. The molecule has 0 heterocycles. The Morgan fingerprint density at radius 3 is 1.90 bits per heavy atom. The van der Waals surface area contributed by atoms with E-state index in [1.807, 2.05) is 0 Å². The van der Waals surface area contributed by atoms with E-state index in [0.717, 1.165) is 0 Å². The van der Waals surface area contributed by atoms with Gasteiger partial charge in [0, 0.05) is 0 Å².